The molecule has 154 valence electrons. The number of hydrogen-bond acceptors (Lipinski definition) is 4. The SMILES string of the molecule is Cc1ccc2c(c1)N(C(=O)N1CCC(C(=O)NCc3cccs3)CC1)C[C@@H](C)O2. The van der Waals surface area contributed by atoms with E-state index in [0.717, 1.165) is 21.9 Å². The molecular formula is C22H27N3O3S. The maximum Gasteiger partial charge on any atom is 0.324 e. The van der Waals surface area contributed by atoms with Crippen LogP contribution in [0.4, 0.5) is 10.5 Å². The summed E-state index contributed by atoms with van der Waals surface area (Å²) in [6, 6.07) is 9.95. The fourth-order valence-corrected chi connectivity index (χ4v) is 4.61. The predicted octanol–water partition coefficient (Wildman–Crippen LogP) is 3.79. The van der Waals surface area contributed by atoms with E-state index in [1.54, 1.807) is 11.3 Å². The maximum absolute atomic E-state index is 13.2. The number of nitrogens with zero attached hydrogens (tertiary/aromatic N) is 2. The highest BCUT2D eigenvalue weighted by molar-refractivity contribution is 7.09. The normalized spacial score (nSPS) is 19.4. The number of fused-ring (bicyclic) bond motifs is 1. The molecule has 3 amide bonds. The van der Waals surface area contributed by atoms with E-state index in [1.807, 2.05) is 59.4 Å². The van der Waals surface area contributed by atoms with Crippen molar-refractivity contribution in [3.8, 4) is 5.75 Å². The number of urea groups is 1. The molecule has 0 radical (unpaired) electrons. The smallest absolute Gasteiger partial charge is 0.324 e. The van der Waals surface area contributed by atoms with Gasteiger partial charge in [0.05, 0.1) is 18.8 Å². The van der Waals surface area contributed by atoms with Gasteiger partial charge in [0.1, 0.15) is 11.9 Å². The van der Waals surface area contributed by atoms with Gasteiger partial charge in [-0.05, 0) is 55.8 Å². The molecule has 7 heteroatoms. The van der Waals surface area contributed by atoms with Crippen LogP contribution in [0, 0.1) is 12.8 Å². The van der Waals surface area contributed by atoms with Gasteiger partial charge in [-0.15, -0.1) is 11.3 Å². The molecule has 0 unspecified atom stereocenters. The first-order valence-corrected chi connectivity index (χ1v) is 11.0. The summed E-state index contributed by atoms with van der Waals surface area (Å²) >= 11 is 1.64. The van der Waals surface area contributed by atoms with Crippen LogP contribution >= 0.6 is 11.3 Å². The summed E-state index contributed by atoms with van der Waals surface area (Å²) in [5.41, 5.74) is 1.93. The summed E-state index contributed by atoms with van der Waals surface area (Å²) < 4.78 is 5.90. The second-order valence-electron chi connectivity index (χ2n) is 7.85. The standard InChI is InChI=1S/C22H27N3O3S/c1-15-5-6-20-19(12-15)25(14-16(2)28-20)22(27)24-9-7-17(8-10-24)21(26)23-13-18-4-3-11-29-18/h3-6,11-12,16-17H,7-10,13-14H2,1-2H3,(H,23,26)/t16-/m1/s1. The Morgan fingerprint density at radius 2 is 2.03 bits per heavy atom. The van der Waals surface area contributed by atoms with Gasteiger partial charge in [-0.1, -0.05) is 12.1 Å². The van der Waals surface area contributed by atoms with Gasteiger partial charge in [0.25, 0.3) is 0 Å². The average molecular weight is 414 g/mol. The van der Waals surface area contributed by atoms with Crippen molar-refractivity contribution in [1.29, 1.82) is 0 Å². The van der Waals surface area contributed by atoms with Gasteiger partial charge < -0.3 is 15.0 Å². The number of carbonyl (C=O) groups excluding carboxylic acids is 2. The third kappa shape index (κ3) is 4.40. The first kappa shape index (κ1) is 19.8. The number of likely N-dealkylation sites (tertiary alicyclic amines) is 1. The molecule has 0 bridgehead atoms. The molecule has 0 saturated carbocycles. The lowest BCUT2D eigenvalue weighted by atomic mass is 9.96. The van der Waals surface area contributed by atoms with E-state index in [0.29, 0.717) is 39.0 Å². The number of piperidine rings is 1. The largest absolute Gasteiger partial charge is 0.487 e. The highest BCUT2D eigenvalue weighted by Crippen LogP contribution is 2.35. The summed E-state index contributed by atoms with van der Waals surface area (Å²) in [7, 11) is 0. The number of nitrogens with one attached hydrogen (secondary N) is 1. The Morgan fingerprint density at radius 3 is 2.76 bits per heavy atom. The van der Waals surface area contributed by atoms with Crippen molar-refractivity contribution in [3.63, 3.8) is 0 Å². The molecule has 1 aromatic heterocycles. The van der Waals surface area contributed by atoms with Crippen molar-refractivity contribution in [2.45, 2.75) is 39.3 Å². The number of aryl methyl sites for hydroxylation is 1. The predicted molar refractivity (Wildman–Crippen MR) is 114 cm³/mol. The number of rotatable bonds is 3. The van der Waals surface area contributed by atoms with Crippen molar-refractivity contribution in [2.24, 2.45) is 5.92 Å². The lowest BCUT2D eigenvalue weighted by molar-refractivity contribution is -0.126. The Morgan fingerprint density at radius 1 is 1.24 bits per heavy atom. The molecule has 1 aromatic carbocycles. The third-order valence-corrected chi connectivity index (χ3v) is 6.43. The molecule has 6 nitrogen and oxygen atoms in total. The molecule has 4 rings (SSSR count). The molecule has 2 aliphatic heterocycles. The number of anilines is 1. The van der Waals surface area contributed by atoms with Gasteiger partial charge in [-0.2, -0.15) is 0 Å². The van der Waals surface area contributed by atoms with Crippen LogP contribution in [0.5, 0.6) is 5.75 Å². The van der Waals surface area contributed by atoms with Gasteiger partial charge in [0.2, 0.25) is 5.91 Å². The van der Waals surface area contributed by atoms with Crippen molar-refractivity contribution in [2.75, 3.05) is 24.5 Å². The van der Waals surface area contributed by atoms with Crippen LogP contribution in [-0.4, -0.2) is 42.6 Å². The number of benzene rings is 1. The van der Waals surface area contributed by atoms with E-state index in [-0.39, 0.29) is 24.0 Å². The number of thiophene rings is 1. The molecule has 29 heavy (non-hydrogen) atoms. The van der Waals surface area contributed by atoms with Crippen LogP contribution in [-0.2, 0) is 11.3 Å². The van der Waals surface area contributed by atoms with Crippen molar-refractivity contribution < 1.29 is 14.3 Å². The van der Waals surface area contributed by atoms with Gasteiger partial charge in [0, 0.05) is 23.9 Å². The quantitative estimate of drug-likeness (QED) is 0.833. The third-order valence-electron chi connectivity index (χ3n) is 5.56. The zero-order valence-electron chi connectivity index (χ0n) is 16.9. The molecule has 1 atom stereocenters. The second kappa shape index (κ2) is 8.45. The van der Waals surface area contributed by atoms with Crippen molar-refractivity contribution >= 4 is 29.0 Å². The summed E-state index contributed by atoms with van der Waals surface area (Å²) in [5, 5.41) is 5.04. The summed E-state index contributed by atoms with van der Waals surface area (Å²) in [6.07, 6.45) is 1.35. The number of hydrogen-bond donors (Lipinski definition) is 1. The molecule has 2 aromatic rings. The van der Waals surface area contributed by atoms with E-state index < -0.39 is 0 Å². The molecule has 3 heterocycles. The van der Waals surface area contributed by atoms with Crippen LogP contribution in [0.1, 0.15) is 30.2 Å². The highest BCUT2D eigenvalue weighted by atomic mass is 32.1. The van der Waals surface area contributed by atoms with E-state index >= 15 is 0 Å². The average Bonchev–Trinajstić information content (AvgIpc) is 3.25. The van der Waals surface area contributed by atoms with Crippen LogP contribution < -0.4 is 15.0 Å². The van der Waals surface area contributed by atoms with Crippen molar-refractivity contribution in [1.82, 2.24) is 10.2 Å². The topological polar surface area (TPSA) is 61.9 Å². The van der Waals surface area contributed by atoms with Gasteiger partial charge >= 0.3 is 6.03 Å². The lowest BCUT2D eigenvalue weighted by Crippen LogP contribution is -2.52. The van der Waals surface area contributed by atoms with E-state index in [2.05, 4.69) is 5.32 Å². The minimum Gasteiger partial charge on any atom is -0.487 e. The minimum atomic E-state index is -0.0466. The lowest BCUT2D eigenvalue weighted by Gasteiger charge is -2.39. The van der Waals surface area contributed by atoms with E-state index in [9.17, 15) is 9.59 Å². The Hall–Kier alpha value is -2.54. The molecule has 1 fully saturated rings. The number of ether oxygens (including phenoxy) is 1. The molecular weight excluding hydrogens is 386 g/mol. The Kier molecular flexibility index (Phi) is 5.76. The molecule has 1 saturated heterocycles. The van der Waals surface area contributed by atoms with Gasteiger partial charge in [-0.3, -0.25) is 9.69 Å². The van der Waals surface area contributed by atoms with Crippen LogP contribution in [0.2, 0.25) is 0 Å². The van der Waals surface area contributed by atoms with Crippen LogP contribution in [0.3, 0.4) is 0 Å². The Bertz CT molecular complexity index is 875. The van der Waals surface area contributed by atoms with E-state index in [1.165, 1.54) is 0 Å². The monoisotopic (exact) mass is 413 g/mol. The second-order valence-corrected chi connectivity index (χ2v) is 8.88. The zero-order valence-corrected chi connectivity index (χ0v) is 17.7. The van der Waals surface area contributed by atoms with Crippen LogP contribution in [0.15, 0.2) is 35.7 Å². The number of carbonyl (C=O) groups is 2. The van der Waals surface area contributed by atoms with E-state index in [4.69, 9.17) is 4.74 Å². The number of amides is 3. The first-order valence-electron chi connectivity index (χ1n) is 10.1. The van der Waals surface area contributed by atoms with Gasteiger partial charge in [0.15, 0.2) is 0 Å². The Balaban J connectivity index is 1.36. The van der Waals surface area contributed by atoms with Gasteiger partial charge in [-0.25, -0.2) is 4.79 Å². The zero-order chi connectivity index (χ0) is 20.4. The minimum absolute atomic E-state index is 0.00411. The highest BCUT2D eigenvalue weighted by Gasteiger charge is 2.33. The summed E-state index contributed by atoms with van der Waals surface area (Å²) in [6.45, 7) is 6.31. The molecule has 0 aliphatic carbocycles. The first-order chi connectivity index (χ1) is 14.0. The summed E-state index contributed by atoms with van der Waals surface area (Å²) in [5.74, 6) is 0.814. The molecule has 2 aliphatic rings. The van der Waals surface area contributed by atoms with Crippen LogP contribution in [0.25, 0.3) is 0 Å². The Labute approximate surface area is 175 Å². The maximum atomic E-state index is 13.2. The fraction of sp³-hybridized carbons (Fsp3) is 0.455. The molecule has 1 N–H and O–H groups in total. The van der Waals surface area contributed by atoms with Crippen molar-refractivity contribution in [3.05, 3.63) is 46.2 Å². The molecule has 0 spiro atoms. The summed E-state index contributed by atoms with van der Waals surface area (Å²) in [4.78, 5) is 30.6. The fourth-order valence-electron chi connectivity index (χ4n) is 3.96.